The van der Waals surface area contributed by atoms with Gasteiger partial charge in [-0.15, -0.1) is 0 Å². The van der Waals surface area contributed by atoms with Gasteiger partial charge in [0.2, 0.25) is 5.69 Å². The first-order chi connectivity index (χ1) is 6.66. The molecule has 0 aliphatic heterocycles. The van der Waals surface area contributed by atoms with E-state index < -0.39 is 0 Å². The molecule has 3 nitrogen and oxygen atoms in total. The lowest BCUT2D eigenvalue weighted by Gasteiger charge is -2.09. The van der Waals surface area contributed by atoms with Crippen LogP contribution >= 0.6 is 11.6 Å². The molecule has 1 aliphatic carbocycles. The number of hydrogen-bond donors (Lipinski definition) is 0. The van der Waals surface area contributed by atoms with Crippen molar-refractivity contribution < 1.29 is 4.73 Å². The highest BCUT2D eigenvalue weighted by molar-refractivity contribution is 6.32. The van der Waals surface area contributed by atoms with Crippen molar-refractivity contribution in [1.29, 1.82) is 5.26 Å². The molecule has 0 radical (unpaired) electrons. The van der Waals surface area contributed by atoms with Gasteiger partial charge in [-0.25, -0.2) is 0 Å². The Hall–Kier alpha value is -1.27. The Bertz CT molecular complexity index is 445. The first-order valence-corrected chi connectivity index (χ1v) is 4.88. The number of fused-ring (bicyclic) bond motifs is 1. The van der Waals surface area contributed by atoms with Crippen LogP contribution in [0.25, 0.3) is 0 Å². The van der Waals surface area contributed by atoms with Crippen molar-refractivity contribution in [3.05, 3.63) is 32.7 Å². The van der Waals surface area contributed by atoms with Gasteiger partial charge in [0.1, 0.15) is 11.6 Å². The van der Waals surface area contributed by atoms with Gasteiger partial charge >= 0.3 is 0 Å². The molecule has 1 aromatic rings. The van der Waals surface area contributed by atoms with E-state index in [9.17, 15) is 5.21 Å². The number of nitrogens with zero attached hydrogens (tertiary/aromatic N) is 2. The molecule has 1 heterocycles. The molecule has 0 atom stereocenters. The van der Waals surface area contributed by atoms with E-state index in [0.717, 1.165) is 35.3 Å². The third-order valence-corrected chi connectivity index (χ3v) is 3.11. The van der Waals surface area contributed by atoms with E-state index in [0.29, 0.717) is 16.3 Å². The lowest BCUT2D eigenvalue weighted by molar-refractivity contribution is -0.620. The van der Waals surface area contributed by atoms with Crippen molar-refractivity contribution in [3.63, 3.8) is 0 Å². The molecule has 1 aliphatic rings. The minimum absolute atomic E-state index is 0.322. The van der Waals surface area contributed by atoms with Gasteiger partial charge in [0.25, 0.3) is 0 Å². The van der Waals surface area contributed by atoms with E-state index in [1.54, 1.807) is 6.92 Å². The van der Waals surface area contributed by atoms with E-state index in [1.165, 1.54) is 0 Å². The Morgan fingerprint density at radius 3 is 2.86 bits per heavy atom. The molecule has 0 saturated carbocycles. The predicted molar refractivity (Wildman–Crippen MR) is 51.9 cm³/mol. The molecule has 0 amide bonds. The van der Waals surface area contributed by atoms with Crippen molar-refractivity contribution in [2.24, 2.45) is 0 Å². The Kier molecular flexibility index (Phi) is 2.09. The molecule has 0 aromatic carbocycles. The SMILES string of the molecule is Cc1c(C#N)c(Cl)c2c([n+]1[O-])CCC2. The number of aromatic nitrogens is 1. The summed E-state index contributed by atoms with van der Waals surface area (Å²) < 4.78 is 0.854. The maximum Gasteiger partial charge on any atom is 0.209 e. The lowest BCUT2D eigenvalue weighted by Crippen LogP contribution is -2.36. The summed E-state index contributed by atoms with van der Waals surface area (Å²) in [6, 6.07) is 1.98. The average Bonchev–Trinajstić information content (AvgIpc) is 2.64. The number of hydrogen-bond acceptors (Lipinski definition) is 2. The van der Waals surface area contributed by atoms with Gasteiger partial charge in [0, 0.05) is 18.9 Å². The standard InChI is InChI=1S/C10H9ClN2O/c1-6-8(5-12)10(11)7-3-2-4-9(7)13(6)14/h2-4H2,1H3. The zero-order chi connectivity index (χ0) is 10.3. The van der Waals surface area contributed by atoms with Gasteiger partial charge < -0.3 is 5.21 Å². The Balaban J connectivity index is 2.81. The molecule has 14 heavy (non-hydrogen) atoms. The topological polar surface area (TPSA) is 50.7 Å². The van der Waals surface area contributed by atoms with E-state index in [4.69, 9.17) is 16.9 Å². The van der Waals surface area contributed by atoms with Crippen molar-refractivity contribution >= 4 is 11.6 Å². The maximum atomic E-state index is 11.7. The smallest absolute Gasteiger partial charge is 0.209 e. The molecular formula is C10H9ClN2O. The fourth-order valence-corrected chi connectivity index (χ4v) is 2.31. The summed E-state index contributed by atoms with van der Waals surface area (Å²) in [4.78, 5) is 0. The number of pyridine rings is 1. The average molecular weight is 209 g/mol. The molecule has 4 heteroatoms. The van der Waals surface area contributed by atoms with Crippen molar-refractivity contribution in [3.8, 4) is 6.07 Å². The quantitative estimate of drug-likeness (QED) is 0.481. The van der Waals surface area contributed by atoms with Gasteiger partial charge in [-0.2, -0.15) is 9.99 Å². The summed E-state index contributed by atoms with van der Waals surface area (Å²) >= 11 is 6.06. The fourth-order valence-electron chi connectivity index (χ4n) is 1.93. The summed E-state index contributed by atoms with van der Waals surface area (Å²) in [7, 11) is 0. The van der Waals surface area contributed by atoms with Gasteiger partial charge in [-0.3, -0.25) is 0 Å². The highest BCUT2D eigenvalue weighted by Crippen LogP contribution is 2.30. The molecule has 0 unspecified atom stereocenters. The van der Waals surface area contributed by atoms with Crippen molar-refractivity contribution in [2.45, 2.75) is 26.2 Å². The van der Waals surface area contributed by atoms with E-state index in [2.05, 4.69) is 0 Å². The summed E-state index contributed by atoms with van der Waals surface area (Å²) in [5.74, 6) is 0. The minimum Gasteiger partial charge on any atom is -0.618 e. The molecule has 72 valence electrons. The van der Waals surface area contributed by atoms with E-state index >= 15 is 0 Å². The second kappa shape index (κ2) is 3.14. The zero-order valence-electron chi connectivity index (χ0n) is 7.80. The largest absolute Gasteiger partial charge is 0.618 e. The van der Waals surface area contributed by atoms with Crippen LogP contribution in [0.15, 0.2) is 0 Å². The maximum absolute atomic E-state index is 11.7. The second-order valence-corrected chi connectivity index (χ2v) is 3.84. The van der Waals surface area contributed by atoms with Crippen LogP contribution in [0.1, 0.15) is 28.9 Å². The molecule has 0 N–H and O–H groups in total. The van der Waals surface area contributed by atoms with Crippen LogP contribution in [0.5, 0.6) is 0 Å². The second-order valence-electron chi connectivity index (χ2n) is 3.46. The Morgan fingerprint density at radius 2 is 2.21 bits per heavy atom. The van der Waals surface area contributed by atoms with Crippen LogP contribution in [0.2, 0.25) is 5.02 Å². The minimum atomic E-state index is 0.322. The Labute approximate surface area is 87.1 Å². The first-order valence-electron chi connectivity index (χ1n) is 4.50. The highest BCUT2D eigenvalue weighted by atomic mass is 35.5. The number of rotatable bonds is 0. The molecule has 0 bridgehead atoms. The van der Waals surface area contributed by atoms with Gasteiger partial charge in [-0.1, -0.05) is 11.6 Å². The van der Waals surface area contributed by atoms with Crippen LogP contribution in [0.4, 0.5) is 0 Å². The molecule has 0 spiro atoms. The number of halogens is 1. The molecule has 2 rings (SSSR count). The van der Waals surface area contributed by atoms with Crippen molar-refractivity contribution in [2.75, 3.05) is 0 Å². The van der Waals surface area contributed by atoms with Crippen LogP contribution < -0.4 is 4.73 Å². The predicted octanol–water partition coefficient (Wildman–Crippen LogP) is 1.64. The van der Waals surface area contributed by atoms with Crippen LogP contribution in [-0.2, 0) is 12.8 Å². The van der Waals surface area contributed by atoms with Crippen LogP contribution in [0, 0.1) is 23.5 Å². The van der Waals surface area contributed by atoms with Crippen LogP contribution in [0.3, 0.4) is 0 Å². The third-order valence-electron chi connectivity index (χ3n) is 2.70. The van der Waals surface area contributed by atoms with Gasteiger partial charge in [0.15, 0.2) is 5.69 Å². The van der Waals surface area contributed by atoms with E-state index in [-0.39, 0.29) is 0 Å². The number of nitriles is 1. The third kappa shape index (κ3) is 1.08. The van der Waals surface area contributed by atoms with Gasteiger partial charge in [0.05, 0.1) is 5.02 Å². The van der Waals surface area contributed by atoms with Crippen molar-refractivity contribution in [1.82, 2.24) is 0 Å². The van der Waals surface area contributed by atoms with Gasteiger partial charge in [-0.05, 0) is 12.8 Å². The van der Waals surface area contributed by atoms with E-state index in [1.807, 2.05) is 6.07 Å². The summed E-state index contributed by atoms with van der Waals surface area (Å²) in [5.41, 5.74) is 2.34. The zero-order valence-corrected chi connectivity index (χ0v) is 8.56. The summed E-state index contributed by atoms with van der Waals surface area (Å²) in [6.07, 6.45) is 2.53. The molecule has 0 saturated heterocycles. The molecular weight excluding hydrogens is 200 g/mol. The lowest BCUT2D eigenvalue weighted by atomic mass is 10.1. The monoisotopic (exact) mass is 208 g/mol. The summed E-state index contributed by atoms with van der Waals surface area (Å²) in [6.45, 7) is 1.63. The Morgan fingerprint density at radius 1 is 1.50 bits per heavy atom. The first kappa shape index (κ1) is 9.29. The normalized spacial score (nSPS) is 13.8. The fraction of sp³-hybridized carbons (Fsp3) is 0.400. The van der Waals surface area contributed by atoms with Crippen LogP contribution in [-0.4, -0.2) is 0 Å². The molecule has 0 fully saturated rings. The molecule has 1 aromatic heterocycles. The highest BCUT2D eigenvalue weighted by Gasteiger charge is 2.28. The summed E-state index contributed by atoms with van der Waals surface area (Å²) in [5, 5.41) is 21.0.